The third-order valence-corrected chi connectivity index (χ3v) is 2.19. The first-order valence-corrected chi connectivity index (χ1v) is 5.35. The van der Waals surface area contributed by atoms with Crippen molar-refractivity contribution >= 4 is 5.78 Å². The van der Waals surface area contributed by atoms with Gasteiger partial charge in [-0.05, 0) is 32.4 Å². The molecule has 1 aromatic carbocycles. The summed E-state index contributed by atoms with van der Waals surface area (Å²) in [6.45, 7) is 7.81. The van der Waals surface area contributed by atoms with Crippen molar-refractivity contribution in [2.75, 3.05) is 0 Å². The van der Waals surface area contributed by atoms with Crippen LogP contribution in [0.15, 0.2) is 18.2 Å². The molecule has 82 valence electrons. The van der Waals surface area contributed by atoms with E-state index in [2.05, 4.69) is 0 Å². The molecule has 0 heterocycles. The molecule has 1 rings (SSSR count). The largest absolute Gasteiger partial charge is 0.491 e. The quantitative estimate of drug-likeness (QED) is 0.706. The van der Waals surface area contributed by atoms with Crippen LogP contribution < -0.4 is 4.74 Å². The number of benzene rings is 1. The Morgan fingerprint density at radius 3 is 2.60 bits per heavy atom. The standard InChI is InChI=1S/C13H18O2/c1-5-12(14)11-7-6-10(4)13(8-11)15-9(2)3/h6-9H,5H2,1-4H3. The lowest BCUT2D eigenvalue weighted by molar-refractivity contribution is 0.0987. The Hall–Kier alpha value is -1.31. The van der Waals surface area contributed by atoms with Gasteiger partial charge < -0.3 is 4.74 Å². The lowest BCUT2D eigenvalue weighted by Crippen LogP contribution is -2.07. The second-order valence-electron chi connectivity index (χ2n) is 3.92. The molecule has 0 atom stereocenters. The molecule has 0 aliphatic carbocycles. The van der Waals surface area contributed by atoms with Crippen LogP contribution in [0.25, 0.3) is 0 Å². The molecule has 15 heavy (non-hydrogen) atoms. The number of hydrogen-bond acceptors (Lipinski definition) is 2. The second-order valence-corrected chi connectivity index (χ2v) is 3.92. The average Bonchev–Trinajstić information content (AvgIpc) is 2.19. The SMILES string of the molecule is CCC(=O)c1ccc(C)c(OC(C)C)c1. The van der Waals surface area contributed by atoms with Gasteiger partial charge in [0.15, 0.2) is 5.78 Å². The highest BCUT2D eigenvalue weighted by molar-refractivity contribution is 5.96. The van der Waals surface area contributed by atoms with Crippen molar-refractivity contribution in [3.05, 3.63) is 29.3 Å². The minimum atomic E-state index is 0.135. The lowest BCUT2D eigenvalue weighted by Gasteiger charge is -2.13. The van der Waals surface area contributed by atoms with E-state index in [0.717, 1.165) is 16.9 Å². The molecule has 0 saturated carbocycles. The Bertz CT molecular complexity index is 354. The smallest absolute Gasteiger partial charge is 0.162 e. The summed E-state index contributed by atoms with van der Waals surface area (Å²) in [6.07, 6.45) is 0.667. The van der Waals surface area contributed by atoms with E-state index in [-0.39, 0.29) is 11.9 Å². The van der Waals surface area contributed by atoms with Crippen molar-refractivity contribution in [2.45, 2.75) is 40.2 Å². The topological polar surface area (TPSA) is 26.3 Å². The summed E-state index contributed by atoms with van der Waals surface area (Å²) in [7, 11) is 0. The molecule has 0 unspecified atom stereocenters. The molecule has 0 aliphatic heterocycles. The van der Waals surface area contributed by atoms with Gasteiger partial charge in [0.1, 0.15) is 5.75 Å². The number of carbonyl (C=O) groups excluding carboxylic acids is 1. The van der Waals surface area contributed by atoms with Crippen LogP contribution in [0.1, 0.15) is 43.1 Å². The van der Waals surface area contributed by atoms with Crippen molar-refractivity contribution in [1.29, 1.82) is 0 Å². The van der Waals surface area contributed by atoms with Gasteiger partial charge in [-0.25, -0.2) is 0 Å². The van der Waals surface area contributed by atoms with Crippen molar-refractivity contribution in [3.8, 4) is 5.75 Å². The van der Waals surface area contributed by atoms with E-state index in [1.54, 1.807) is 0 Å². The third kappa shape index (κ3) is 3.08. The molecular formula is C13H18O2. The molecule has 0 N–H and O–H groups in total. The number of aryl methyl sites for hydroxylation is 1. The number of ketones is 1. The van der Waals surface area contributed by atoms with Crippen molar-refractivity contribution in [2.24, 2.45) is 0 Å². The summed E-state index contributed by atoms with van der Waals surface area (Å²) < 4.78 is 5.63. The Morgan fingerprint density at radius 1 is 1.40 bits per heavy atom. The van der Waals surface area contributed by atoms with Crippen LogP contribution in [0.5, 0.6) is 5.75 Å². The van der Waals surface area contributed by atoms with Gasteiger partial charge in [-0.2, -0.15) is 0 Å². The molecule has 0 amide bonds. The van der Waals surface area contributed by atoms with Crippen LogP contribution in [0, 0.1) is 6.92 Å². The van der Waals surface area contributed by atoms with Crippen LogP contribution >= 0.6 is 0 Å². The van der Waals surface area contributed by atoms with E-state index in [1.165, 1.54) is 0 Å². The van der Waals surface area contributed by atoms with Crippen LogP contribution in [0.3, 0.4) is 0 Å². The summed E-state index contributed by atoms with van der Waals surface area (Å²) >= 11 is 0. The fraction of sp³-hybridized carbons (Fsp3) is 0.462. The van der Waals surface area contributed by atoms with E-state index in [9.17, 15) is 4.79 Å². The van der Waals surface area contributed by atoms with Crippen LogP contribution in [0.4, 0.5) is 0 Å². The van der Waals surface area contributed by atoms with Gasteiger partial charge in [-0.15, -0.1) is 0 Å². The fourth-order valence-electron chi connectivity index (χ4n) is 1.36. The molecular weight excluding hydrogens is 188 g/mol. The second kappa shape index (κ2) is 4.96. The van der Waals surface area contributed by atoms with Crippen molar-refractivity contribution in [3.63, 3.8) is 0 Å². The van der Waals surface area contributed by atoms with E-state index < -0.39 is 0 Å². The minimum Gasteiger partial charge on any atom is -0.491 e. The highest BCUT2D eigenvalue weighted by Crippen LogP contribution is 2.21. The number of carbonyl (C=O) groups is 1. The normalized spacial score (nSPS) is 10.5. The molecule has 0 radical (unpaired) electrons. The van der Waals surface area contributed by atoms with Crippen LogP contribution in [-0.2, 0) is 0 Å². The molecule has 0 bridgehead atoms. The first kappa shape index (κ1) is 11.8. The molecule has 0 aromatic heterocycles. The van der Waals surface area contributed by atoms with Gasteiger partial charge in [-0.1, -0.05) is 19.1 Å². The molecule has 0 spiro atoms. The van der Waals surface area contributed by atoms with Crippen molar-refractivity contribution in [1.82, 2.24) is 0 Å². The Morgan fingerprint density at radius 2 is 2.07 bits per heavy atom. The summed E-state index contributed by atoms with van der Waals surface area (Å²) in [5.74, 6) is 0.966. The Labute approximate surface area is 91.3 Å². The first-order valence-electron chi connectivity index (χ1n) is 5.35. The monoisotopic (exact) mass is 206 g/mol. The van der Waals surface area contributed by atoms with E-state index >= 15 is 0 Å². The summed E-state index contributed by atoms with van der Waals surface area (Å²) in [4.78, 5) is 11.5. The zero-order chi connectivity index (χ0) is 11.4. The number of Topliss-reactive ketones (excluding diaryl/α,β-unsaturated/α-hetero) is 1. The first-order chi connectivity index (χ1) is 7.04. The number of hydrogen-bond donors (Lipinski definition) is 0. The summed E-state index contributed by atoms with van der Waals surface area (Å²) in [5, 5.41) is 0. The summed E-state index contributed by atoms with van der Waals surface area (Å²) in [6, 6.07) is 5.62. The van der Waals surface area contributed by atoms with E-state index in [4.69, 9.17) is 4.74 Å². The molecule has 2 nitrogen and oxygen atoms in total. The fourth-order valence-corrected chi connectivity index (χ4v) is 1.36. The zero-order valence-electron chi connectivity index (χ0n) is 9.83. The Balaban J connectivity index is 2.99. The molecule has 1 aromatic rings. The maximum atomic E-state index is 11.5. The zero-order valence-corrected chi connectivity index (χ0v) is 9.83. The average molecular weight is 206 g/mol. The molecule has 0 aliphatic rings. The molecule has 2 heteroatoms. The van der Waals surface area contributed by atoms with Gasteiger partial charge in [-0.3, -0.25) is 4.79 Å². The number of ether oxygens (including phenoxy) is 1. The number of rotatable bonds is 4. The van der Waals surface area contributed by atoms with E-state index in [0.29, 0.717) is 6.42 Å². The molecule has 0 fully saturated rings. The van der Waals surface area contributed by atoms with Gasteiger partial charge in [0.2, 0.25) is 0 Å². The highest BCUT2D eigenvalue weighted by atomic mass is 16.5. The van der Waals surface area contributed by atoms with Crippen LogP contribution in [0.2, 0.25) is 0 Å². The lowest BCUT2D eigenvalue weighted by atomic mass is 10.1. The predicted octanol–water partition coefficient (Wildman–Crippen LogP) is 3.37. The predicted molar refractivity (Wildman–Crippen MR) is 61.6 cm³/mol. The summed E-state index contributed by atoms with van der Waals surface area (Å²) in [5.41, 5.74) is 1.80. The minimum absolute atomic E-state index is 0.135. The third-order valence-electron chi connectivity index (χ3n) is 2.19. The van der Waals surface area contributed by atoms with Gasteiger partial charge in [0, 0.05) is 12.0 Å². The van der Waals surface area contributed by atoms with Gasteiger partial charge in [0.25, 0.3) is 0 Å². The van der Waals surface area contributed by atoms with Gasteiger partial charge >= 0.3 is 0 Å². The highest BCUT2D eigenvalue weighted by Gasteiger charge is 2.07. The van der Waals surface area contributed by atoms with Crippen LogP contribution in [-0.4, -0.2) is 11.9 Å². The van der Waals surface area contributed by atoms with Crippen molar-refractivity contribution < 1.29 is 9.53 Å². The maximum absolute atomic E-state index is 11.5. The maximum Gasteiger partial charge on any atom is 0.162 e. The Kier molecular flexibility index (Phi) is 3.89. The van der Waals surface area contributed by atoms with Gasteiger partial charge in [0.05, 0.1) is 6.10 Å². The molecule has 0 saturated heterocycles. The van der Waals surface area contributed by atoms with E-state index in [1.807, 2.05) is 45.9 Å².